The van der Waals surface area contributed by atoms with E-state index < -0.39 is 11.6 Å². The Kier molecular flexibility index (Phi) is 2.84. The van der Waals surface area contributed by atoms with Gasteiger partial charge in [-0.3, -0.25) is 0 Å². The van der Waals surface area contributed by atoms with Crippen LogP contribution in [0.1, 0.15) is 24.0 Å². The van der Waals surface area contributed by atoms with Crippen molar-refractivity contribution in [3.63, 3.8) is 0 Å². The molecule has 1 aromatic heterocycles. The molecule has 3 aromatic rings. The summed E-state index contributed by atoms with van der Waals surface area (Å²) in [6, 6.07) is 9.95. The molecule has 2 N–H and O–H groups in total. The van der Waals surface area contributed by atoms with Crippen LogP contribution in [0.15, 0.2) is 42.0 Å². The standard InChI is InChI=1S/C20H16F2N2/c21-12-6-7-13(16(22)10-12)20-15-8-9-23-19(11-4-5-11)14-2-1-3-17(24-20)18(14)15/h1-3,6-7,10,23-24H,4-5,8-9H2. The van der Waals surface area contributed by atoms with E-state index in [4.69, 9.17) is 0 Å². The lowest BCUT2D eigenvalue weighted by Crippen LogP contribution is -2.13. The van der Waals surface area contributed by atoms with Gasteiger partial charge in [-0.05, 0) is 48.6 Å². The first-order valence-corrected chi connectivity index (χ1v) is 8.27. The summed E-state index contributed by atoms with van der Waals surface area (Å²) in [7, 11) is 0. The second-order valence-corrected chi connectivity index (χ2v) is 6.49. The lowest BCUT2D eigenvalue weighted by Gasteiger charge is -2.08. The number of rotatable bonds is 1. The Morgan fingerprint density at radius 1 is 0.917 bits per heavy atom. The van der Waals surface area contributed by atoms with Crippen LogP contribution in [0.25, 0.3) is 27.9 Å². The van der Waals surface area contributed by atoms with Gasteiger partial charge < -0.3 is 10.3 Å². The van der Waals surface area contributed by atoms with Crippen molar-refractivity contribution < 1.29 is 8.78 Å². The van der Waals surface area contributed by atoms with Gasteiger partial charge >= 0.3 is 0 Å². The summed E-state index contributed by atoms with van der Waals surface area (Å²) in [6.45, 7) is 0.816. The van der Waals surface area contributed by atoms with Gasteiger partial charge in [-0.25, -0.2) is 8.78 Å². The monoisotopic (exact) mass is 322 g/mol. The number of benzene rings is 2. The van der Waals surface area contributed by atoms with Gasteiger partial charge in [0.15, 0.2) is 0 Å². The van der Waals surface area contributed by atoms with Gasteiger partial charge in [0.05, 0.1) is 5.69 Å². The Labute approximate surface area is 138 Å². The topological polar surface area (TPSA) is 27.8 Å². The lowest BCUT2D eigenvalue weighted by molar-refractivity contribution is 0.585. The summed E-state index contributed by atoms with van der Waals surface area (Å²) < 4.78 is 27.6. The number of aromatic nitrogens is 1. The average Bonchev–Trinajstić information content (AvgIpc) is 3.34. The van der Waals surface area contributed by atoms with Crippen LogP contribution in [0.2, 0.25) is 0 Å². The lowest BCUT2D eigenvalue weighted by atomic mass is 9.99. The highest BCUT2D eigenvalue weighted by Gasteiger charge is 2.26. The first kappa shape index (κ1) is 13.8. The normalized spacial score (nSPS) is 16.2. The molecule has 0 bridgehead atoms. The molecule has 5 rings (SSSR count). The van der Waals surface area contributed by atoms with Crippen LogP contribution in [0.3, 0.4) is 0 Å². The molecule has 2 aliphatic rings. The van der Waals surface area contributed by atoms with Crippen LogP contribution >= 0.6 is 0 Å². The molecule has 0 saturated heterocycles. The van der Waals surface area contributed by atoms with Crippen molar-refractivity contribution in [1.82, 2.24) is 10.3 Å². The van der Waals surface area contributed by atoms with Crippen LogP contribution in [-0.2, 0) is 6.42 Å². The maximum absolute atomic E-state index is 14.3. The molecule has 2 aromatic carbocycles. The minimum atomic E-state index is -0.554. The van der Waals surface area contributed by atoms with E-state index in [0.29, 0.717) is 5.56 Å². The van der Waals surface area contributed by atoms with Crippen molar-refractivity contribution in [3.05, 3.63) is 64.7 Å². The third-order valence-electron chi connectivity index (χ3n) is 4.93. The molecule has 24 heavy (non-hydrogen) atoms. The highest BCUT2D eigenvalue weighted by Crippen LogP contribution is 2.42. The minimum absolute atomic E-state index is 0.427. The van der Waals surface area contributed by atoms with Crippen molar-refractivity contribution in [1.29, 1.82) is 0 Å². The predicted molar refractivity (Wildman–Crippen MR) is 91.5 cm³/mol. The molecule has 0 spiro atoms. The number of halogens is 2. The van der Waals surface area contributed by atoms with Crippen molar-refractivity contribution >= 4 is 16.6 Å². The molecule has 4 heteroatoms. The van der Waals surface area contributed by atoms with Gasteiger partial charge in [0.2, 0.25) is 0 Å². The second kappa shape index (κ2) is 4.94. The molecule has 0 atom stereocenters. The van der Waals surface area contributed by atoms with Crippen molar-refractivity contribution in [3.8, 4) is 11.3 Å². The van der Waals surface area contributed by atoms with Gasteiger partial charge in [-0.1, -0.05) is 12.1 Å². The van der Waals surface area contributed by atoms with Crippen LogP contribution in [0, 0.1) is 11.6 Å². The zero-order valence-electron chi connectivity index (χ0n) is 13.0. The van der Waals surface area contributed by atoms with Gasteiger partial charge in [-0.15, -0.1) is 0 Å². The molecule has 2 nitrogen and oxygen atoms in total. The van der Waals surface area contributed by atoms with Crippen LogP contribution < -0.4 is 5.32 Å². The molecule has 1 saturated carbocycles. The van der Waals surface area contributed by atoms with Gasteiger partial charge in [0.1, 0.15) is 11.6 Å². The molecule has 0 amide bonds. The maximum Gasteiger partial charge on any atom is 0.135 e. The van der Waals surface area contributed by atoms with Crippen molar-refractivity contribution in [2.75, 3.05) is 6.54 Å². The SMILES string of the molecule is Fc1ccc(-c2[nH]c3cccc4c3c2CCNC4=C2CC2)c(F)c1. The van der Waals surface area contributed by atoms with E-state index in [1.807, 2.05) is 12.1 Å². The number of hydrogen-bond donors (Lipinski definition) is 2. The highest BCUT2D eigenvalue weighted by atomic mass is 19.1. The van der Waals surface area contributed by atoms with Gasteiger partial charge in [0, 0.05) is 40.3 Å². The largest absolute Gasteiger partial charge is 0.384 e. The van der Waals surface area contributed by atoms with E-state index >= 15 is 0 Å². The molecule has 0 unspecified atom stereocenters. The van der Waals surface area contributed by atoms with Gasteiger partial charge in [-0.2, -0.15) is 0 Å². The summed E-state index contributed by atoms with van der Waals surface area (Å²) in [5.41, 5.74) is 7.20. The Bertz CT molecular complexity index is 1010. The van der Waals surface area contributed by atoms with E-state index in [0.717, 1.165) is 54.0 Å². The predicted octanol–water partition coefficient (Wildman–Crippen LogP) is 4.76. The van der Waals surface area contributed by atoms with Crippen LogP contribution in [-0.4, -0.2) is 11.5 Å². The molecular weight excluding hydrogens is 306 g/mol. The molecule has 2 heterocycles. The number of H-pyrrole nitrogens is 1. The van der Waals surface area contributed by atoms with Crippen molar-refractivity contribution in [2.45, 2.75) is 19.3 Å². The van der Waals surface area contributed by atoms with E-state index in [1.165, 1.54) is 29.0 Å². The third-order valence-corrected chi connectivity index (χ3v) is 4.93. The number of aromatic amines is 1. The Morgan fingerprint density at radius 3 is 2.58 bits per heavy atom. The molecule has 1 aliphatic carbocycles. The van der Waals surface area contributed by atoms with Gasteiger partial charge in [0.25, 0.3) is 0 Å². The van der Waals surface area contributed by atoms with E-state index in [-0.39, 0.29) is 0 Å². The van der Waals surface area contributed by atoms with Crippen molar-refractivity contribution in [2.24, 2.45) is 0 Å². The molecule has 1 aliphatic heterocycles. The summed E-state index contributed by atoms with van der Waals surface area (Å²) in [4.78, 5) is 3.37. The first-order chi connectivity index (χ1) is 11.7. The fourth-order valence-corrected chi connectivity index (χ4v) is 3.73. The zero-order chi connectivity index (χ0) is 16.3. The summed E-state index contributed by atoms with van der Waals surface area (Å²) in [6.07, 6.45) is 3.11. The average molecular weight is 322 g/mol. The quantitative estimate of drug-likeness (QED) is 0.664. The fraction of sp³-hybridized carbons (Fsp3) is 0.200. The van der Waals surface area contributed by atoms with E-state index in [2.05, 4.69) is 16.4 Å². The summed E-state index contributed by atoms with van der Waals surface area (Å²) in [5.74, 6) is -1.08. The maximum atomic E-state index is 14.3. The second-order valence-electron chi connectivity index (χ2n) is 6.49. The fourth-order valence-electron chi connectivity index (χ4n) is 3.73. The Hall–Kier alpha value is -2.62. The number of allylic oxidation sites excluding steroid dienone is 1. The highest BCUT2D eigenvalue weighted by molar-refractivity contribution is 6.00. The van der Waals surface area contributed by atoms with Crippen LogP contribution in [0.5, 0.6) is 0 Å². The first-order valence-electron chi connectivity index (χ1n) is 8.27. The van der Waals surface area contributed by atoms with Crippen LogP contribution in [0.4, 0.5) is 8.78 Å². The third kappa shape index (κ3) is 1.99. The molecule has 1 fully saturated rings. The summed E-state index contributed by atoms with van der Waals surface area (Å²) >= 11 is 0. The zero-order valence-corrected chi connectivity index (χ0v) is 13.0. The molecular formula is C20H16F2N2. The van der Waals surface area contributed by atoms with E-state index in [9.17, 15) is 8.78 Å². The Balaban J connectivity index is 1.82. The minimum Gasteiger partial charge on any atom is -0.384 e. The van der Waals surface area contributed by atoms with E-state index in [1.54, 1.807) is 0 Å². The summed E-state index contributed by atoms with van der Waals surface area (Å²) in [5, 5.41) is 4.71. The number of nitrogens with one attached hydrogen (secondary N) is 2. The Morgan fingerprint density at radius 2 is 1.79 bits per heavy atom. The smallest absolute Gasteiger partial charge is 0.135 e. The molecule has 0 radical (unpaired) electrons. The number of hydrogen-bond acceptors (Lipinski definition) is 1. The molecule has 120 valence electrons.